The molecular formula is C29H40N4O2S2. The molecule has 0 unspecified atom stereocenters. The van der Waals surface area contributed by atoms with Crippen molar-refractivity contribution < 1.29 is 9.53 Å². The highest BCUT2D eigenvalue weighted by atomic mass is 32.2. The number of carbonyl (C=O) groups is 1. The van der Waals surface area contributed by atoms with Crippen LogP contribution in [0.5, 0.6) is 5.75 Å². The normalized spacial score (nSPS) is 15.3. The molecule has 1 fully saturated rings. The van der Waals surface area contributed by atoms with E-state index in [0.29, 0.717) is 12.5 Å². The fraction of sp³-hybridized carbons (Fsp3) is 0.552. The van der Waals surface area contributed by atoms with E-state index in [4.69, 9.17) is 9.72 Å². The molecule has 0 atom stereocenters. The highest BCUT2D eigenvalue weighted by Gasteiger charge is 2.29. The summed E-state index contributed by atoms with van der Waals surface area (Å²) in [4.78, 5) is 24.3. The molecule has 37 heavy (non-hydrogen) atoms. The number of methoxy groups -OCH3 is 1. The Morgan fingerprint density at radius 2 is 1.73 bits per heavy atom. The third-order valence-electron chi connectivity index (χ3n) is 7.11. The molecule has 8 heteroatoms. The van der Waals surface area contributed by atoms with E-state index >= 15 is 0 Å². The Morgan fingerprint density at radius 1 is 1.11 bits per heavy atom. The van der Waals surface area contributed by atoms with Crippen LogP contribution >= 0.6 is 23.1 Å². The third kappa shape index (κ3) is 6.06. The van der Waals surface area contributed by atoms with Gasteiger partial charge in [0.25, 0.3) is 0 Å². The molecule has 0 bridgehead atoms. The van der Waals surface area contributed by atoms with Gasteiger partial charge in [-0.2, -0.15) is 0 Å². The van der Waals surface area contributed by atoms with Gasteiger partial charge in [0.15, 0.2) is 5.16 Å². The maximum Gasteiger partial charge on any atom is 0.242 e. The summed E-state index contributed by atoms with van der Waals surface area (Å²) in [6, 6.07) is 4.52. The summed E-state index contributed by atoms with van der Waals surface area (Å²) in [5, 5.41) is 4.14. The number of rotatable bonds is 6. The van der Waals surface area contributed by atoms with Gasteiger partial charge >= 0.3 is 0 Å². The van der Waals surface area contributed by atoms with Gasteiger partial charge < -0.3 is 14.2 Å². The number of hydrogen-bond donors (Lipinski definition) is 0. The summed E-state index contributed by atoms with van der Waals surface area (Å²) in [5.74, 6) is 1.53. The largest absolute Gasteiger partial charge is 0.496 e. The number of thiazole rings is 1. The summed E-state index contributed by atoms with van der Waals surface area (Å²) < 4.78 is 7.87. The number of piperidine rings is 1. The molecule has 6 nitrogen and oxygen atoms in total. The standard InChI is InChI=1S/C29H40N4O2S2/c1-28(2,3)21-15-20(16-22(25(21)35-7)29(4,5)6)26-31-23(18-37-26)19-9-12-32(13-10-19)24(34)17-33-14-11-30-27(33)36-8/h11,14-16,18-19H,9-10,12-13,17H2,1-8H3. The number of nitrogens with zero attached hydrogens (tertiary/aromatic N) is 4. The van der Waals surface area contributed by atoms with Crippen LogP contribution in [0.2, 0.25) is 0 Å². The van der Waals surface area contributed by atoms with Crippen LogP contribution in [0.3, 0.4) is 0 Å². The number of hydrogen-bond acceptors (Lipinski definition) is 6. The zero-order chi connectivity index (χ0) is 27.0. The smallest absolute Gasteiger partial charge is 0.242 e. The first-order valence-electron chi connectivity index (χ1n) is 12.9. The molecule has 1 aromatic carbocycles. The lowest BCUT2D eigenvalue weighted by Gasteiger charge is -2.31. The van der Waals surface area contributed by atoms with Crippen LogP contribution in [0.15, 0.2) is 35.1 Å². The first kappa shape index (κ1) is 27.7. The van der Waals surface area contributed by atoms with E-state index in [-0.39, 0.29) is 16.7 Å². The summed E-state index contributed by atoms with van der Waals surface area (Å²) in [7, 11) is 1.77. The second-order valence-electron chi connectivity index (χ2n) is 11.9. The number of imidazole rings is 1. The highest BCUT2D eigenvalue weighted by Crippen LogP contribution is 2.43. The molecule has 1 aliphatic rings. The number of amides is 1. The van der Waals surface area contributed by atoms with Crippen LogP contribution in [-0.4, -0.2) is 51.8 Å². The molecule has 3 aromatic rings. The summed E-state index contributed by atoms with van der Waals surface area (Å²) in [6.07, 6.45) is 7.50. The van der Waals surface area contributed by atoms with Gasteiger partial charge in [0.05, 0.1) is 12.8 Å². The molecule has 0 N–H and O–H groups in total. The number of ether oxygens (including phenoxy) is 1. The van der Waals surface area contributed by atoms with Gasteiger partial charge in [0.2, 0.25) is 5.91 Å². The second-order valence-corrected chi connectivity index (χ2v) is 13.5. The van der Waals surface area contributed by atoms with Crippen LogP contribution in [0.25, 0.3) is 10.6 Å². The topological polar surface area (TPSA) is 60.2 Å². The van der Waals surface area contributed by atoms with E-state index in [1.807, 2.05) is 21.9 Å². The molecule has 0 saturated carbocycles. The Morgan fingerprint density at radius 3 is 2.27 bits per heavy atom. The fourth-order valence-corrected chi connectivity index (χ4v) is 6.38. The van der Waals surface area contributed by atoms with Gasteiger partial charge in [-0.05, 0) is 42.1 Å². The number of thioether (sulfide) groups is 1. The predicted octanol–water partition coefficient (Wildman–Crippen LogP) is 6.74. The minimum absolute atomic E-state index is 0.0475. The lowest BCUT2D eigenvalue weighted by molar-refractivity contribution is -0.133. The van der Waals surface area contributed by atoms with Crippen LogP contribution < -0.4 is 4.74 Å². The molecule has 3 heterocycles. The zero-order valence-corrected chi connectivity index (χ0v) is 25.1. The Bertz CT molecular complexity index is 1210. The van der Waals surface area contributed by atoms with E-state index in [1.165, 1.54) is 11.1 Å². The minimum Gasteiger partial charge on any atom is -0.496 e. The van der Waals surface area contributed by atoms with E-state index in [9.17, 15) is 4.79 Å². The van der Waals surface area contributed by atoms with Crippen molar-refractivity contribution in [1.82, 2.24) is 19.4 Å². The molecule has 200 valence electrons. The van der Waals surface area contributed by atoms with Crippen molar-refractivity contribution in [2.75, 3.05) is 26.5 Å². The van der Waals surface area contributed by atoms with Crippen LogP contribution in [0, 0.1) is 0 Å². The second kappa shape index (κ2) is 10.8. The zero-order valence-electron chi connectivity index (χ0n) is 23.4. The minimum atomic E-state index is -0.0475. The molecule has 0 radical (unpaired) electrons. The monoisotopic (exact) mass is 540 g/mol. The van der Waals surface area contributed by atoms with Gasteiger partial charge in [0, 0.05) is 53.5 Å². The van der Waals surface area contributed by atoms with Crippen molar-refractivity contribution in [1.29, 1.82) is 0 Å². The van der Waals surface area contributed by atoms with Crippen LogP contribution in [-0.2, 0) is 22.2 Å². The first-order chi connectivity index (χ1) is 17.4. The van der Waals surface area contributed by atoms with Crippen molar-refractivity contribution in [3.8, 4) is 16.3 Å². The Labute approximate surface area is 229 Å². The molecule has 0 spiro atoms. The van der Waals surface area contributed by atoms with E-state index in [2.05, 4.69) is 64.0 Å². The average molecular weight is 541 g/mol. The van der Waals surface area contributed by atoms with Crippen LogP contribution in [0.1, 0.15) is 77.1 Å². The molecule has 1 amide bonds. The van der Waals surface area contributed by atoms with Crippen molar-refractivity contribution in [2.45, 2.75) is 82.8 Å². The van der Waals surface area contributed by atoms with Gasteiger partial charge in [-0.3, -0.25) is 4.79 Å². The summed E-state index contributed by atoms with van der Waals surface area (Å²) in [6.45, 7) is 15.3. The average Bonchev–Trinajstić information content (AvgIpc) is 3.52. The molecule has 4 rings (SSSR count). The highest BCUT2D eigenvalue weighted by molar-refractivity contribution is 7.98. The summed E-state index contributed by atoms with van der Waals surface area (Å²) in [5.41, 5.74) is 4.63. The van der Waals surface area contributed by atoms with Gasteiger partial charge in [-0.25, -0.2) is 9.97 Å². The SMILES string of the molecule is COc1c(C(C)(C)C)cc(-c2nc(C3CCN(C(=O)Cn4ccnc4SC)CC3)cs2)cc1C(C)(C)C. The Kier molecular flexibility index (Phi) is 8.10. The van der Waals surface area contributed by atoms with Gasteiger partial charge in [0.1, 0.15) is 17.3 Å². The Balaban J connectivity index is 1.51. The van der Waals surface area contributed by atoms with Crippen molar-refractivity contribution in [3.63, 3.8) is 0 Å². The number of carbonyl (C=O) groups excluding carboxylic acids is 1. The maximum atomic E-state index is 12.9. The van der Waals surface area contributed by atoms with E-state index < -0.39 is 0 Å². The number of likely N-dealkylation sites (tertiary alicyclic amines) is 1. The molecule has 2 aromatic heterocycles. The quantitative estimate of drug-likeness (QED) is 0.324. The van der Waals surface area contributed by atoms with E-state index in [1.54, 1.807) is 36.4 Å². The molecule has 1 aliphatic heterocycles. The van der Waals surface area contributed by atoms with Gasteiger partial charge in [-0.15, -0.1) is 11.3 Å². The number of aromatic nitrogens is 3. The lowest BCUT2D eigenvalue weighted by atomic mass is 9.78. The molecule has 0 aliphatic carbocycles. The van der Waals surface area contributed by atoms with Gasteiger partial charge in [-0.1, -0.05) is 53.3 Å². The maximum absolute atomic E-state index is 12.9. The summed E-state index contributed by atoms with van der Waals surface area (Å²) >= 11 is 3.28. The Hall–Kier alpha value is -2.32. The van der Waals surface area contributed by atoms with Crippen molar-refractivity contribution in [2.24, 2.45) is 0 Å². The van der Waals surface area contributed by atoms with Crippen molar-refractivity contribution >= 4 is 29.0 Å². The van der Waals surface area contributed by atoms with E-state index in [0.717, 1.165) is 53.1 Å². The lowest BCUT2D eigenvalue weighted by Crippen LogP contribution is -2.39. The predicted molar refractivity (Wildman–Crippen MR) is 154 cm³/mol. The van der Waals surface area contributed by atoms with Crippen molar-refractivity contribution in [3.05, 3.63) is 46.7 Å². The molecule has 1 saturated heterocycles. The third-order valence-corrected chi connectivity index (χ3v) is 8.72. The van der Waals surface area contributed by atoms with Crippen LogP contribution in [0.4, 0.5) is 0 Å². The first-order valence-corrected chi connectivity index (χ1v) is 15.0. The molecular weight excluding hydrogens is 500 g/mol. The fourth-order valence-electron chi connectivity index (χ4n) is 4.97. The number of benzene rings is 1.